The van der Waals surface area contributed by atoms with Crippen molar-refractivity contribution in [2.45, 2.75) is 51.7 Å². The van der Waals surface area contributed by atoms with Gasteiger partial charge in [0, 0.05) is 0 Å². The van der Waals surface area contributed by atoms with Crippen LogP contribution in [0.25, 0.3) is 0 Å². The van der Waals surface area contributed by atoms with Gasteiger partial charge in [0.2, 0.25) is 0 Å². The van der Waals surface area contributed by atoms with Crippen molar-refractivity contribution in [3.8, 4) is 0 Å². The van der Waals surface area contributed by atoms with Crippen molar-refractivity contribution >= 4 is 0 Å². The van der Waals surface area contributed by atoms with Gasteiger partial charge < -0.3 is 5.11 Å². The maximum atomic E-state index is 10.1. The average Bonchev–Trinajstić information content (AvgIpc) is 2.33. The molecule has 1 aliphatic carbocycles. The first-order valence-electron chi connectivity index (χ1n) is 5.07. The average molecular weight is 204 g/mol. The highest BCUT2D eigenvalue weighted by Gasteiger charge is 2.56. The van der Waals surface area contributed by atoms with Crippen molar-refractivity contribution in [1.29, 1.82) is 0 Å². The van der Waals surface area contributed by atoms with Gasteiger partial charge in [0.25, 0.3) is 0 Å². The number of rotatable bonds is 3. The Morgan fingerprint density at radius 3 is 2.21 bits per heavy atom. The molecule has 0 aliphatic heterocycles. The van der Waals surface area contributed by atoms with Gasteiger partial charge >= 0.3 is 0 Å². The van der Waals surface area contributed by atoms with E-state index in [0.29, 0.717) is 12.3 Å². The summed E-state index contributed by atoms with van der Waals surface area (Å²) in [6.45, 7) is 7.48. The maximum Gasteiger partial charge on any atom is 0.137 e. The van der Waals surface area contributed by atoms with Crippen LogP contribution in [0.4, 0.5) is 0 Å². The molecule has 0 spiro atoms. The van der Waals surface area contributed by atoms with E-state index in [-0.39, 0.29) is 5.92 Å². The van der Waals surface area contributed by atoms with Crippen LogP contribution in [0, 0.1) is 11.8 Å². The molecule has 0 bridgehead atoms. The lowest BCUT2D eigenvalue weighted by Gasteiger charge is -2.41. The first-order chi connectivity index (χ1) is 6.35. The van der Waals surface area contributed by atoms with Gasteiger partial charge in [0.15, 0.2) is 0 Å². The molecule has 3 unspecified atom stereocenters. The van der Waals surface area contributed by atoms with E-state index >= 15 is 0 Å². The van der Waals surface area contributed by atoms with Crippen molar-refractivity contribution in [3.63, 3.8) is 0 Å². The highest BCUT2D eigenvalue weighted by Crippen LogP contribution is 2.48. The van der Waals surface area contributed by atoms with Crippen LogP contribution in [0.5, 0.6) is 0 Å². The summed E-state index contributed by atoms with van der Waals surface area (Å²) in [6, 6.07) is 0. The Bertz CT molecular complexity index is 195. The highest BCUT2D eigenvalue weighted by atomic mass is 17.5. The predicted octanol–water partition coefficient (Wildman–Crippen LogP) is 1.98. The van der Waals surface area contributed by atoms with E-state index in [1.807, 2.05) is 6.92 Å². The van der Waals surface area contributed by atoms with Crippen LogP contribution in [0.3, 0.4) is 0 Å². The van der Waals surface area contributed by atoms with E-state index < -0.39 is 11.2 Å². The Morgan fingerprint density at radius 2 is 1.93 bits per heavy atom. The molecular formula is C10H20O4. The number of hydrogen-bond donors (Lipinski definition) is 2. The fourth-order valence-electron chi connectivity index (χ4n) is 2.53. The third-order valence-electron chi connectivity index (χ3n) is 3.78. The molecule has 1 aliphatic rings. The molecule has 4 heteroatoms. The summed E-state index contributed by atoms with van der Waals surface area (Å²) in [5.41, 5.74) is -1.83. The normalized spacial score (nSPS) is 39.0. The Hall–Kier alpha value is -0.160. The lowest BCUT2D eigenvalue weighted by Crippen LogP contribution is -2.54. The summed E-state index contributed by atoms with van der Waals surface area (Å²) in [5.74, 6) is 0.603. The Kier molecular flexibility index (Phi) is 3.21. The van der Waals surface area contributed by atoms with Gasteiger partial charge in [-0.05, 0) is 38.5 Å². The highest BCUT2D eigenvalue weighted by molar-refractivity contribution is 5.04. The zero-order valence-electron chi connectivity index (χ0n) is 9.28. The molecule has 0 saturated heterocycles. The van der Waals surface area contributed by atoms with Gasteiger partial charge in [-0.25, -0.2) is 5.26 Å². The molecule has 84 valence electrons. The third-order valence-corrected chi connectivity index (χ3v) is 3.78. The largest absolute Gasteiger partial charge is 0.387 e. The summed E-state index contributed by atoms with van der Waals surface area (Å²) in [7, 11) is 0. The minimum Gasteiger partial charge on any atom is -0.387 e. The zero-order valence-corrected chi connectivity index (χ0v) is 9.28. The standard InChI is InChI=1S/C10H20O4/c1-7-5-6-10(8(7)2,13-14-12)9(3,4)11/h7-8,11-12H,5-6H2,1-4H3. The maximum absolute atomic E-state index is 10.1. The lowest BCUT2D eigenvalue weighted by atomic mass is 9.77. The Labute approximate surface area is 84.7 Å². The van der Waals surface area contributed by atoms with Gasteiger partial charge in [-0.1, -0.05) is 18.9 Å². The van der Waals surface area contributed by atoms with Crippen molar-refractivity contribution in [1.82, 2.24) is 0 Å². The minimum absolute atomic E-state index is 0.148. The van der Waals surface area contributed by atoms with Crippen molar-refractivity contribution < 1.29 is 20.3 Å². The molecule has 1 rings (SSSR count). The molecule has 0 radical (unpaired) electrons. The molecule has 0 heterocycles. The van der Waals surface area contributed by atoms with Crippen LogP contribution in [-0.4, -0.2) is 21.6 Å². The zero-order chi connectivity index (χ0) is 11.0. The minimum atomic E-state index is -1.03. The summed E-state index contributed by atoms with van der Waals surface area (Å²) in [4.78, 5) is 4.94. The molecule has 0 aromatic carbocycles. The summed E-state index contributed by atoms with van der Waals surface area (Å²) in [5, 5.41) is 22.3. The van der Waals surface area contributed by atoms with Crippen LogP contribution in [0.2, 0.25) is 0 Å². The van der Waals surface area contributed by atoms with E-state index in [1.165, 1.54) is 0 Å². The van der Waals surface area contributed by atoms with Crippen LogP contribution in [0.1, 0.15) is 40.5 Å². The molecule has 0 aromatic rings. The van der Waals surface area contributed by atoms with Crippen molar-refractivity contribution in [3.05, 3.63) is 0 Å². The molecular weight excluding hydrogens is 184 g/mol. The molecule has 0 aromatic heterocycles. The summed E-state index contributed by atoms with van der Waals surface area (Å²) >= 11 is 0. The second-order valence-electron chi connectivity index (χ2n) is 4.91. The van der Waals surface area contributed by atoms with Gasteiger partial charge in [-0.15, -0.1) is 0 Å². The summed E-state index contributed by atoms with van der Waals surface area (Å²) < 4.78 is 0. The van der Waals surface area contributed by atoms with Crippen molar-refractivity contribution in [2.75, 3.05) is 0 Å². The second-order valence-corrected chi connectivity index (χ2v) is 4.91. The molecule has 2 N–H and O–H groups in total. The molecule has 14 heavy (non-hydrogen) atoms. The van der Waals surface area contributed by atoms with Crippen LogP contribution < -0.4 is 0 Å². The van der Waals surface area contributed by atoms with E-state index in [4.69, 9.17) is 10.1 Å². The first-order valence-corrected chi connectivity index (χ1v) is 5.07. The van der Waals surface area contributed by atoms with Crippen LogP contribution in [-0.2, 0) is 9.93 Å². The summed E-state index contributed by atoms with van der Waals surface area (Å²) in [6.07, 6.45) is 1.66. The van der Waals surface area contributed by atoms with Crippen LogP contribution >= 0.6 is 0 Å². The van der Waals surface area contributed by atoms with E-state index in [2.05, 4.69) is 12.0 Å². The van der Waals surface area contributed by atoms with Crippen molar-refractivity contribution in [2.24, 2.45) is 11.8 Å². The molecule has 1 saturated carbocycles. The fourth-order valence-corrected chi connectivity index (χ4v) is 2.53. The number of aliphatic hydroxyl groups is 1. The predicted molar refractivity (Wildman–Crippen MR) is 51.4 cm³/mol. The fraction of sp³-hybridized carbons (Fsp3) is 1.00. The monoisotopic (exact) mass is 204 g/mol. The molecule has 0 amide bonds. The topological polar surface area (TPSA) is 58.9 Å². The Morgan fingerprint density at radius 1 is 1.36 bits per heavy atom. The van der Waals surface area contributed by atoms with Gasteiger partial charge in [0.05, 0.1) is 5.60 Å². The quantitative estimate of drug-likeness (QED) is 0.545. The molecule has 4 nitrogen and oxygen atoms in total. The second kappa shape index (κ2) is 3.77. The van der Waals surface area contributed by atoms with Gasteiger partial charge in [-0.2, -0.15) is 4.89 Å². The Balaban J connectivity index is 2.94. The molecule has 3 atom stereocenters. The first kappa shape index (κ1) is 11.9. The number of hydrogen-bond acceptors (Lipinski definition) is 4. The third kappa shape index (κ3) is 1.67. The molecule has 1 fully saturated rings. The van der Waals surface area contributed by atoms with Gasteiger partial charge in [0.1, 0.15) is 5.60 Å². The lowest BCUT2D eigenvalue weighted by molar-refractivity contribution is -0.541. The smallest absolute Gasteiger partial charge is 0.137 e. The van der Waals surface area contributed by atoms with E-state index in [1.54, 1.807) is 13.8 Å². The van der Waals surface area contributed by atoms with Gasteiger partial charge in [-0.3, -0.25) is 0 Å². The van der Waals surface area contributed by atoms with E-state index in [9.17, 15) is 5.11 Å². The van der Waals surface area contributed by atoms with E-state index in [0.717, 1.165) is 6.42 Å². The van der Waals surface area contributed by atoms with Crippen LogP contribution in [0.15, 0.2) is 0 Å². The SMILES string of the molecule is CC1CCC(OOO)(C(C)(C)O)C1C.